The first-order chi connectivity index (χ1) is 12.6. The highest BCUT2D eigenvalue weighted by atomic mass is 32.2. The molecule has 0 radical (unpaired) electrons. The summed E-state index contributed by atoms with van der Waals surface area (Å²) < 4.78 is 39.3. The molecule has 146 valence electrons. The largest absolute Gasteiger partial charge is 0.354 e. The molecule has 0 unspecified atom stereocenters. The molecular formula is C20H25FN2O3S. The first kappa shape index (κ1) is 20.9. The average Bonchev–Trinajstić information content (AvgIpc) is 2.54. The fourth-order valence-electron chi connectivity index (χ4n) is 3.15. The van der Waals surface area contributed by atoms with Gasteiger partial charge >= 0.3 is 0 Å². The maximum Gasteiger partial charge on any atom is 0.240 e. The van der Waals surface area contributed by atoms with Crippen LogP contribution in [0.1, 0.15) is 22.3 Å². The number of aryl methyl sites for hydroxylation is 3. The smallest absolute Gasteiger partial charge is 0.240 e. The fourth-order valence-corrected chi connectivity index (χ4v) is 4.12. The quantitative estimate of drug-likeness (QED) is 0.788. The van der Waals surface area contributed by atoms with Gasteiger partial charge in [0.25, 0.3) is 0 Å². The third-order valence-electron chi connectivity index (χ3n) is 4.25. The molecule has 0 bridgehead atoms. The zero-order valence-electron chi connectivity index (χ0n) is 16.0. The molecule has 0 heterocycles. The number of carbonyl (C=O) groups is 1. The van der Waals surface area contributed by atoms with E-state index in [0.29, 0.717) is 17.7 Å². The maximum absolute atomic E-state index is 13.6. The van der Waals surface area contributed by atoms with Gasteiger partial charge in [-0.25, -0.2) is 12.8 Å². The van der Waals surface area contributed by atoms with Crippen molar-refractivity contribution in [2.45, 2.75) is 27.2 Å². The van der Waals surface area contributed by atoms with Gasteiger partial charge in [0.2, 0.25) is 15.9 Å². The van der Waals surface area contributed by atoms with Crippen molar-refractivity contribution in [1.82, 2.24) is 5.32 Å². The number of halogens is 1. The van der Waals surface area contributed by atoms with Crippen LogP contribution in [0.2, 0.25) is 0 Å². The number of sulfonamides is 1. The van der Waals surface area contributed by atoms with Crippen molar-refractivity contribution in [2.24, 2.45) is 0 Å². The van der Waals surface area contributed by atoms with Crippen LogP contribution in [0, 0.1) is 26.6 Å². The van der Waals surface area contributed by atoms with Crippen LogP contribution in [0.5, 0.6) is 0 Å². The van der Waals surface area contributed by atoms with Gasteiger partial charge in [-0.15, -0.1) is 0 Å². The number of hydrogen-bond donors (Lipinski definition) is 1. The van der Waals surface area contributed by atoms with Gasteiger partial charge in [0, 0.05) is 6.54 Å². The predicted molar refractivity (Wildman–Crippen MR) is 106 cm³/mol. The summed E-state index contributed by atoms with van der Waals surface area (Å²) in [5.41, 5.74) is 3.63. The lowest BCUT2D eigenvalue weighted by atomic mass is 10.1. The maximum atomic E-state index is 13.6. The number of anilines is 1. The number of nitrogens with zero attached hydrogens (tertiary/aromatic N) is 1. The van der Waals surface area contributed by atoms with E-state index in [1.54, 1.807) is 18.2 Å². The minimum atomic E-state index is -3.64. The van der Waals surface area contributed by atoms with Crippen molar-refractivity contribution >= 4 is 21.6 Å². The van der Waals surface area contributed by atoms with Crippen LogP contribution in [0.3, 0.4) is 0 Å². The number of hydrogen-bond acceptors (Lipinski definition) is 3. The van der Waals surface area contributed by atoms with Crippen molar-refractivity contribution in [3.05, 3.63) is 64.5 Å². The Bertz CT molecular complexity index is 919. The Labute approximate surface area is 160 Å². The molecule has 0 aromatic heterocycles. The van der Waals surface area contributed by atoms with Gasteiger partial charge in [-0.3, -0.25) is 9.10 Å². The van der Waals surface area contributed by atoms with Gasteiger partial charge < -0.3 is 5.32 Å². The summed E-state index contributed by atoms with van der Waals surface area (Å²) in [6.07, 6.45) is 1.41. The van der Waals surface area contributed by atoms with Crippen LogP contribution in [0.15, 0.2) is 36.4 Å². The van der Waals surface area contributed by atoms with Crippen LogP contribution >= 0.6 is 0 Å². The van der Waals surface area contributed by atoms with E-state index in [1.165, 1.54) is 6.07 Å². The van der Waals surface area contributed by atoms with Crippen LogP contribution in [-0.2, 0) is 21.2 Å². The fraction of sp³-hybridized carbons (Fsp3) is 0.350. The van der Waals surface area contributed by atoms with Crippen LogP contribution < -0.4 is 9.62 Å². The number of rotatable bonds is 7. The lowest BCUT2D eigenvalue weighted by Crippen LogP contribution is -2.41. The SMILES string of the molecule is Cc1cc(C)c(N(CC(=O)NCCc2ccccc2F)S(C)(=O)=O)c(C)c1. The van der Waals surface area contributed by atoms with Crippen molar-refractivity contribution in [3.63, 3.8) is 0 Å². The average molecular weight is 392 g/mol. The highest BCUT2D eigenvalue weighted by molar-refractivity contribution is 7.92. The Morgan fingerprint density at radius 3 is 2.26 bits per heavy atom. The van der Waals surface area contributed by atoms with E-state index < -0.39 is 15.9 Å². The third kappa shape index (κ3) is 5.53. The summed E-state index contributed by atoms with van der Waals surface area (Å²) in [6, 6.07) is 10.1. The van der Waals surface area contributed by atoms with Crippen LogP contribution in [-0.4, -0.2) is 33.7 Å². The van der Waals surface area contributed by atoms with E-state index in [1.807, 2.05) is 32.9 Å². The number of carbonyl (C=O) groups excluding carboxylic acids is 1. The molecule has 27 heavy (non-hydrogen) atoms. The Morgan fingerprint density at radius 2 is 1.70 bits per heavy atom. The van der Waals surface area contributed by atoms with Gasteiger partial charge in [-0.05, 0) is 49.9 Å². The van der Waals surface area contributed by atoms with Crippen molar-refractivity contribution in [1.29, 1.82) is 0 Å². The molecule has 2 rings (SSSR count). The molecule has 0 spiro atoms. The number of nitrogens with one attached hydrogen (secondary N) is 1. The Hall–Kier alpha value is -2.41. The molecule has 0 fully saturated rings. The van der Waals surface area contributed by atoms with Gasteiger partial charge in [0.1, 0.15) is 12.4 Å². The molecule has 1 amide bonds. The number of amides is 1. The minimum absolute atomic E-state index is 0.225. The summed E-state index contributed by atoms with van der Waals surface area (Å²) in [5.74, 6) is -0.758. The number of benzene rings is 2. The zero-order valence-corrected chi connectivity index (χ0v) is 16.9. The van der Waals surface area contributed by atoms with E-state index in [4.69, 9.17) is 0 Å². The molecular weight excluding hydrogens is 367 g/mol. The molecule has 7 heteroatoms. The molecule has 0 saturated carbocycles. The molecule has 2 aromatic rings. The Kier molecular flexibility index (Phi) is 6.59. The molecule has 1 N–H and O–H groups in total. The van der Waals surface area contributed by atoms with Gasteiger partial charge in [0.15, 0.2) is 0 Å². The zero-order chi connectivity index (χ0) is 20.2. The van der Waals surface area contributed by atoms with Gasteiger partial charge in [0.05, 0.1) is 11.9 Å². The van der Waals surface area contributed by atoms with Crippen molar-refractivity contribution in [3.8, 4) is 0 Å². The van der Waals surface area contributed by atoms with Crippen LogP contribution in [0.25, 0.3) is 0 Å². The Balaban J connectivity index is 2.11. The standard InChI is InChI=1S/C20H25FN2O3S/c1-14-11-15(2)20(16(3)12-14)23(27(4,25)26)13-19(24)22-10-9-17-7-5-6-8-18(17)21/h5-8,11-12H,9-10,13H2,1-4H3,(H,22,24). The first-order valence-electron chi connectivity index (χ1n) is 8.65. The second kappa shape index (κ2) is 8.52. The normalized spacial score (nSPS) is 11.3. The van der Waals surface area contributed by atoms with Crippen molar-refractivity contribution < 1.29 is 17.6 Å². The van der Waals surface area contributed by atoms with E-state index in [0.717, 1.165) is 27.3 Å². The highest BCUT2D eigenvalue weighted by Crippen LogP contribution is 2.28. The minimum Gasteiger partial charge on any atom is -0.354 e. The monoisotopic (exact) mass is 392 g/mol. The summed E-state index contributed by atoms with van der Waals surface area (Å²) in [4.78, 5) is 12.3. The van der Waals surface area contributed by atoms with Gasteiger partial charge in [-0.1, -0.05) is 35.9 Å². The second-order valence-corrected chi connectivity index (χ2v) is 8.62. The Morgan fingerprint density at radius 1 is 1.11 bits per heavy atom. The highest BCUT2D eigenvalue weighted by Gasteiger charge is 2.24. The van der Waals surface area contributed by atoms with Crippen molar-refractivity contribution in [2.75, 3.05) is 23.7 Å². The van der Waals surface area contributed by atoms with E-state index in [9.17, 15) is 17.6 Å². The molecule has 0 aliphatic carbocycles. The lowest BCUT2D eigenvalue weighted by Gasteiger charge is -2.26. The predicted octanol–water partition coefficient (Wildman–Crippen LogP) is 2.88. The lowest BCUT2D eigenvalue weighted by molar-refractivity contribution is -0.119. The van der Waals surface area contributed by atoms with Crippen LogP contribution in [0.4, 0.5) is 10.1 Å². The molecule has 0 atom stereocenters. The third-order valence-corrected chi connectivity index (χ3v) is 5.36. The molecule has 0 saturated heterocycles. The van der Waals surface area contributed by atoms with E-state index in [2.05, 4.69) is 5.32 Å². The topological polar surface area (TPSA) is 66.5 Å². The second-order valence-electron chi connectivity index (χ2n) is 6.71. The van der Waals surface area contributed by atoms with E-state index in [-0.39, 0.29) is 18.9 Å². The molecule has 5 nitrogen and oxygen atoms in total. The molecule has 0 aliphatic rings. The summed E-state index contributed by atoms with van der Waals surface area (Å²) in [6.45, 7) is 5.49. The molecule has 0 aliphatic heterocycles. The first-order valence-corrected chi connectivity index (χ1v) is 10.5. The summed E-state index contributed by atoms with van der Waals surface area (Å²) in [5, 5.41) is 2.67. The molecule has 2 aromatic carbocycles. The summed E-state index contributed by atoms with van der Waals surface area (Å²) in [7, 11) is -3.64. The van der Waals surface area contributed by atoms with Gasteiger partial charge in [-0.2, -0.15) is 0 Å². The summed E-state index contributed by atoms with van der Waals surface area (Å²) >= 11 is 0. The van der Waals surface area contributed by atoms with E-state index >= 15 is 0 Å².